The SMILES string of the molecule is Cc1ccc(C)c(-c2nc(NSc3ccccc3)ccc2C)c1. The van der Waals surface area contributed by atoms with Crippen molar-refractivity contribution < 1.29 is 0 Å². The van der Waals surface area contributed by atoms with Crippen molar-refractivity contribution in [3.8, 4) is 11.3 Å². The van der Waals surface area contributed by atoms with Crippen LogP contribution in [-0.2, 0) is 0 Å². The van der Waals surface area contributed by atoms with E-state index in [0.29, 0.717) is 0 Å². The quantitative estimate of drug-likeness (QED) is 0.616. The van der Waals surface area contributed by atoms with Gasteiger partial charge >= 0.3 is 0 Å². The zero-order valence-electron chi connectivity index (χ0n) is 13.6. The molecule has 0 saturated heterocycles. The van der Waals surface area contributed by atoms with Crippen molar-refractivity contribution in [1.29, 1.82) is 0 Å². The van der Waals surface area contributed by atoms with Gasteiger partial charge in [-0.25, -0.2) is 4.98 Å². The van der Waals surface area contributed by atoms with E-state index in [1.54, 1.807) is 11.9 Å². The van der Waals surface area contributed by atoms with Gasteiger partial charge in [0.15, 0.2) is 0 Å². The Labute approximate surface area is 142 Å². The Bertz CT molecular complexity index is 813. The summed E-state index contributed by atoms with van der Waals surface area (Å²) >= 11 is 1.58. The molecule has 3 aromatic rings. The Balaban J connectivity index is 1.89. The molecule has 2 aromatic carbocycles. The molecule has 0 saturated carbocycles. The highest BCUT2D eigenvalue weighted by Crippen LogP contribution is 2.28. The zero-order chi connectivity index (χ0) is 16.2. The number of hydrogen-bond donors (Lipinski definition) is 1. The first-order chi connectivity index (χ1) is 11.1. The van der Waals surface area contributed by atoms with Crippen LogP contribution >= 0.6 is 11.9 Å². The number of aryl methyl sites for hydroxylation is 3. The summed E-state index contributed by atoms with van der Waals surface area (Å²) in [4.78, 5) is 6.00. The van der Waals surface area contributed by atoms with E-state index in [4.69, 9.17) is 4.98 Å². The van der Waals surface area contributed by atoms with Crippen LogP contribution in [0.4, 0.5) is 5.82 Å². The minimum absolute atomic E-state index is 0.875. The van der Waals surface area contributed by atoms with Gasteiger partial charge in [-0.15, -0.1) is 0 Å². The maximum absolute atomic E-state index is 4.83. The van der Waals surface area contributed by atoms with Gasteiger partial charge in [-0.3, -0.25) is 0 Å². The molecule has 0 unspecified atom stereocenters. The Morgan fingerprint density at radius 1 is 0.826 bits per heavy atom. The van der Waals surface area contributed by atoms with Crippen LogP contribution in [0.15, 0.2) is 65.6 Å². The van der Waals surface area contributed by atoms with Crippen molar-refractivity contribution >= 4 is 17.8 Å². The van der Waals surface area contributed by atoms with Crippen LogP contribution in [0.2, 0.25) is 0 Å². The highest BCUT2D eigenvalue weighted by atomic mass is 32.2. The van der Waals surface area contributed by atoms with E-state index in [1.807, 2.05) is 24.3 Å². The van der Waals surface area contributed by atoms with Crippen molar-refractivity contribution in [2.45, 2.75) is 25.7 Å². The highest BCUT2D eigenvalue weighted by molar-refractivity contribution is 8.00. The van der Waals surface area contributed by atoms with Gasteiger partial charge in [-0.1, -0.05) is 42.0 Å². The Kier molecular flexibility index (Phi) is 4.68. The molecule has 0 bridgehead atoms. The molecule has 2 nitrogen and oxygen atoms in total. The summed E-state index contributed by atoms with van der Waals surface area (Å²) in [5, 5.41) is 0. The van der Waals surface area contributed by atoms with Crippen LogP contribution in [0, 0.1) is 20.8 Å². The lowest BCUT2D eigenvalue weighted by Crippen LogP contribution is -1.96. The molecule has 0 spiro atoms. The molecular formula is C20H20N2S. The van der Waals surface area contributed by atoms with Gasteiger partial charge in [0, 0.05) is 10.5 Å². The van der Waals surface area contributed by atoms with Gasteiger partial charge in [-0.05, 0) is 68.1 Å². The Hall–Kier alpha value is -2.26. The van der Waals surface area contributed by atoms with Gasteiger partial charge in [0.05, 0.1) is 5.69 Å². The monoisotopic (exact) mass is 320 g/mol. The maximum atomic E-state index is 4.83. The summed E-state index contributed by atoms with van der Waals surface area (Å²) in [6.45, 7) is 6.36. The number of aromatic nitrogens is 1. The van der Waals surface area contributed by atoms with Gasteiger partial charge in [-0.2, -0.15) is 0 Å². The van der Waals surface area contributed by atoms with E-state index in [-0.39, 0.29) is 0 Å². The third-order valence-corrected chi connectivity index (χ3v) is 4.58. The van der Waals surface area contributed by atoms with Crippen molar-refractivity contribution in [3.05, 3.63) is 77.4 Å². The molecule has 0 atom stereocenters. The molecule has 0 aliphatic rings. The molecule has 3 rings (SSSR count). The second kappa shape index (κ2) is 6.88. The van der Waals surface area contributed by atoms with Crippen LogP contribution in [-0.4, -0.2) is 4.98 Å². The number of hydrogen-bond acceptors (Lipinski definition) is 3. The van der Waals surface area contributed by atoms with Crippen LogP contribution in [0.25, 0.3) is 11.3 Å². The number of rotatable bonds is 4. The first-order valence-electron chi connectivity index (χ1n) is 7.66. The van der Waals surface area contributed by atoms with Crippen molar-refractivity contribution in [2.75, 3.05) is 4.72 Å². The average molecular weight is 320 g/mol. The second-order valence-electron chi connectivity index (χ2n) is 5.70. The molecule has 1 aromatic heterocycles. The van der Waals surface area contributed by atoms with Gasteiger partial charge in [0.1, 0.15) is 5.82 Å². The predicted octanol–water partition coefficient (Wildman–Crippen LogP) is 5.79. The molecule has 23 heavy (non-hydrogen) atoms. The van der Waals surface area contributed by atoms with E-state index < -0.39 is 0 Å². The molecule has 116 valence electrons. The summed E-state index contributed by atoms with van der Waals surface area (Å²) in [7, 11) is 0. The summed E-state index contributed by atoms with van der Waals surface area (Å²) in [6.07, 6.45) is 0. The number of nitrogens with zero attached hydrogens (tertiary/aromatic N) is 1. The molecule has 0 amide bonds. The maximum Gasteiger partial charge on any atom is 0.136 e. The summed E-state index contributed by atoms with van der Waals surface area (Å²) in [5.74, 6) is 0.875. The molecule has 0 aliphatic carbocycles. The van der Waals surface area contributed by atoms with E-state index in [0.717, 1.165) is 11.5 Å². The highest BCUT2D eigenvalue weighted by Gasteiger charge is 2.09. The van der Waals surface area contributed by atoms with Crippen LogP contribution in [0.3, 0.4) is 0 Å². The average Bonchev–Trinajstić information content (AvgIpc) is 2.57. The Morgan fingerprint density at radius 3 is 2.35 bits per heavy atom. The summed E-state index contributed by atoms with van der Waals surface area (Å²) < 4.78 is 3.34. The van der Waals surface area contributed by atoms with Crippen LogP contribution in [0.5, 0.6) is 0 Å². The zero-order valence-corrected chi connectivity index (χ0v) is 14.4. The standard InChI is InChI=1S/C20H20N2S/c1-14-9-10-15(2)18(13-14)20-16(3)11-12-19(21-20)22-23-17-7-5-4-6-8-17/h4-13H,1-3H3,(H,21,22). The van der Waals surface area contributed by atoms with Crippen LogP contribution in [0.1, 0.15) is 16.7 Å². The normalized spacial score (nSPS) is 10.6. The molecule has 1 N–H and O–H groups in total. The minimum atomic E-state index is 0.875. The second-order valence-corrected chi connectivity index (χ2v) is 6.58. The van der Waals surface area contributed by atoms with E-state index in [1.165, 1.54) is 27.1 Å². The summed E-state index contributed by atoms with van der Waals surface area (Å²) in [6, 6.07) is 20.9. The van der Waals surface area contributed by atoms with E-state index in [9.17, 15) is 0 Å². The Morgan fingerprint density at radius 2 is 1.57 bits per heavy atom. The molecule has 0 radical (unpaired) electrons. The lowest BCUT2D eigenvalue weighted by molar-refractivity contribution is 1.25. The third kappa shape index (κ3) is 3.74. The number of pyridine rings is 1. The van der Waals surface area contributed by atoms with Crippen LogP contribution < -0.4 is 4.72 Å². The lowest BCUT2D eigenvalue weighted by atomic mass is 9.99. The van der Waals surface area contributed by atoms with Gasteiger partial charge in [0.25, 0.3) is 0 Å². The smallest absolute Gasteiger partial charge is 0.136 e. The molecular weight excluding hydrogens is 300 g/mol. The number of nitrogens with one attached hydrogen (secondary N) is 1. The van der Waals surface area contributed by atoms with E-state index >= 15 is 0 Å². The lowest BCUT2D eigenvalue weighted by Gasteiger charge is -2.12. The number of benzene rings is 2. The topological polar surface area (TPSA) is 24.9 Å². The first-order valence-corrected chi connectivity index (χ1v) is 8.48. The largest absolute Gasteiger partial charge is 0.310 e. The fourth-order valence-corrected chi connectivity index (χ4v) is 3.08. The van der Waals surface area contributed by atoms with E-state index in [2.05, 4.69) is 61.9 Å². The molecule has 1 heterocycles. The van der Waals surface area contributed by atoms with Crippen molar-refractivity contribution in [2.24, 2.45) is 0 Å². The third-order valence-electron chi connectivity index (χ3n) is 3.76. The minimum Gasteiger partial charge on any atom is -0.310 e. The molecule has 0 fully saturated rings. The fourth-order valence-electron chi connectivity index (χ4n) is 2.45. The molecule has 3 heteroatoms. The van der Waals surface area contributed by atoms with Crippen molar-refractivity contribution in [3.63, 3.8) is 0 Å². The number of anilines is 1. The summed E-state index contributed by atoms with van der Waals surface area (Å²) in [5.41, 5.74) is 5.94. The first kappa shape index (κ1) is 15.6. The van der Waals surface area contributed by atoms with Gasteiger partial charge in [0.2, 0.25) is 0 Å². The van der Waals surface area contributed by atoms with Gasteiger partial charge < -0.3 is 4.72 Å². The fraction of sp³-hybridized carbons (Fsp3) is 0.150. The molecule has 0 aliphatic heterocycles. The predicted molar refractivity (Wildman–Crippen MR) is 99.8 cm³/mol. The van der Waals surface area contributed by atoms with Crippen molar-refractivity contribution in [1.82, 2.24) is 4.98 Å².